The molecule has 1 atom stereocenters. The lowest BCUT2D eigenvalue weighted by Crippen LogP contribution is -2.30. The number of methoxy groups -OCH3 is 1. The minimum absolute atomic E-state index is 0.0460. The average Bonchev–Trinajstić information content (AvgIpc) is 3.04. The molecule has 0 aromatic heterocycles. The summed E-state index contributed by atoms with van der Waals surface area (Å²) in [6.07, 6.45) is 0.665. The lowest BCUT2D eigenvalue weighted by atomic mass is 9.95. The van der Waals surface area contributed by atoms with E-state index in [1.807, 2.05) is 20.8 Å². The van der Waals surface area contributed by atoms with Crippen LogP contribution in [0.1, 0.15) is 44.4 Å². The molecule has 0 radical (unpaired) electrons. The van der Waals surface area contributed by atoms with Crippen LogP contribution in [0.2, 0.25) is 0 Å². The van der Waals surface area contributed by atoms with Crippen LogP contribution in [-0.4, -0.2) is 48.6 Å². The third kappa shape index (κ3) is 4.42. The summed E-state index contributed by atoms with van der Waals surface area (Å²) >= 11 is 0. The second-order valence-electron chi connectivity index (χ2n) is 7.30. The quantitative estimate of drug-likeness (QED) is 0.356. The fourth-order valence-corrected chi connectivity index (χ4v) is 3.89. The zero-order valence-electron chi connectivity index (χ0n) is 18.9. The van der Waals surface area contributed by atoms with Gasteiger partial charge in [0.05, 0.1) is 31.9 Å². The van der Waals surface area contributed by atoms with Gasteiger partial charge in [-0.25, -0.2) is 0 Å². The highest BCUT2D eigenvalue weighted by atomic mass is 16.5. The molecule has 1 amide bonds. The Labute approximate surface area is 188 Å². The Balaban J connectivity index is 2.18. The molecule has 7 heteroatoms. The fourth-order valence-electron chi connectivity index (χ4n) is 3.89. The van der Waals surface area contributed by atoms with Crippen molar-refractivity contribution in [3.63, 3.8) is 0 Å². The zero-order chi connectivity index (χ0) is 23.3. The molecule has 1 heterocycles. The van der Waals surface area contributed by atoms with Gasteiger partial charge in [-0.1, -0.05) is 25.1 Å². The van der Waals surface area contributed by atoms with Gasteiger partial charge in [-0.3, -0.25) is 9.59 Å². The van der Waals surface area contributed by atoms with Crippen molar-refractivity contribution in [2.75, 3.05) is 26.9 Å². The van der Waals surface area contributed by atoms with Crippen molar-refractivity contribution in [1.82, 2.24) is 4.90 Å². The fraction of sp³-hybridized carbons (Fsp3) is 0.360. The summed E-state index contributed by atoms with van der Waals surface area (Å²) in [4.78, 5) is 27.4. The Morgan fingerprint density at radius 1 is 1.00 bits per heavy atom. The molecule has 1 aliphatic heterocycles. The number of hydrogen-bond donors (Lipinski definition) is 1. The van der Waals surface area contributed by atoms with E-state index in [0.717, 1.165) is 0 Å². The summed E-state index contributed by atoms with van der Waals surface area (Å²) in [6, 6.07) is 11.4. The van der Waals surface area contributed by atoms with Gasteiger partial charge in [0.25, 0.3) is 11.7 Å². The average molecular weight is 440 g/mol. The van der Waals surface area contributed by atoms with E-state index < -0.39 is 17.7 Å². The lowest BCUT2D eigenvalue weighted by molar-refractivity contribution is -0.139. The predicted molar refractivity (Wildman–Crippen MR) is 121 cm³/mol. The molecule has 0 aliphatic carbocycles. The van der Waals surface area contributed by atoms with Crippen LogP contribution in [0.5, 0.6) is 17.2 Å². The van der Waals surface area contributed by atoms with Crippen LogP contribution in [0.15, 0.2) is 48.0 Å². The van der Waals surface area contributed by atoms with Gasteiger partial charge in [0.15, 0.2) is 11.5 Å². The molecule has 1 saturated heterocycles. The predicted octanol–water partition coefficient (Wildman–Crippen LogP) is 4.32. The molecule has 170 valence electrons. The van der Waals surface area contributed by atoms with Gasteiger partial charge >= 0.3 is 0 Å². The minimum atomic E-state index is -0.740. The van der Waals surface area contributed by atoms with Crippen LogP contribution in [0.25, 0.3) is 5.76 Å². The first-order chi connectivity index (χ1) is 15.5. The van der Waals surface area contributed by atoms with Crippen LogP contribution in [-0.2, 0) is 9.59 Å². The number of Topliss-reactive ketones (excluding diaryl/α,β-unsaturated/α-hetero) is 1. The van der Waals surface area contributed by atoms with Gasteiger partial charge < -0.3 is 24.2 Å². The number of hydrogen-bond acceptors (Lipinski definition) is 6. The summed E-state index contributed by atoms with van der Waals surface area (Å²) in [5, 5.41) is 11.2. The molecule has 0 saturated carbocycles. The highest BCUT2D eigenvalue weighted by Gasteiger charge is 2.45. The molecule has 0 spiro atoms. The van der Waals surface area contributed by atoms with Crippen LogP contribution in [0.4, 0.5) is 0 Å². The van der Waals surface area contributed by atoms with E-state index in [1.54, 1.807) is 49.6 Å². The smallest absolute Gasteiger partial charge is 0.295 e. The number of benzene rings is 2. The van der Waals surface area contributed by atoms with Gasteiger partial charge in [-0.05, 0) is 50.1 Å². The first-order valence-electron chi connectivity index (χ1n) is 10.8. The number of carbonyl (C=O) groups is 2. The standard InChI is InChI=1S/C25H29NO6/c1-5-13-26-22(16-11-12-19(30-4)20(15-16)32-7-3)21(24(28)25(26)29)23(27)17-9-8-10-18(14-17)31-6-2/h8-12,14-15,22,27H,5-7,13H2,1-4H3/b23-21-. The highest BCUT2D eigenvalue weighted by molar-refractivity contribution is 6.46. The number of rotatable bonds is 9. The van der Waals surface area contributed by atoms with Gasteiger partial charge in [0.1, 0.15) is 11.5 Å². The SMILES string of the molecule is CCCN1C(=O)C(=O)/C(=C(\O)c2cccc(OCC)c2)C1c1ccc(OC)c(OCC)c1. The Morgan fingerprint density at radius 3 is 2.41 bits per heavy atom. The molecule has 2 aromatic carbocycles. The second-order valence-corrected chi connectivity index (χ2v) is 7.30. The molecular weight excluding hydrogens is 410 g/mol. The topological polar surface area (TPSA) is 85.3 Å². The first kappa shape index (κ1) is 23.2. The van der Waals surface area contributed by atoms with E-state index >= 15 is 0 Å². The molecular formula is C25H29NO6. The summed E-state index contributed by atoms with van der Waals surface area (Å²) in [6.45, 7) is 6.93. The van der Waals surface area contributed by atoms with Crippen molar-refractivity contribution in [1.29, 1.82) is 0 Å². The summed E-state index contributed by atoms with van der Waals surface area (Å²) in [7, 11) is 1.55. The minimum Gasteiger partial charge on any atom is -0.507 e. The van der Waals surface area contributed by atoms with E-state index in [2.05, 4.69) is 0 Å². The van der Waals surface area contributed by atoms with Crippen molar-refractivity contribution < 1.29 is 28.9 Å². The van der Waals surface area contributed by atoms with Crippen molar-refractivity contribution in [2.24, 2.45) is 0 Å². The Hall–Kier alpha value is -3.48. The van der Waals surface area contributed by atoms with Gasteiger partial charge in [-0.15, -0.1) is 0 Å². The summed E-state index contributed by atoms with van der Waals surface area (Å²) < 4.78 is 16.6. The molecule has 1 N–H and O–H groups in total. The monoisotopic (exact) mass is 439 g/mol. The van der Waals surface area contributed by atoms with E-state index in [-0.39, 0.29) is 11.3 Å². The third-order valence-electron chi connectivity index (χ3n) is 5.23. The molecule has 2 aromatic rings. The first-order valence-corrected chi connectivity index (χ1v) is 10.8. The molecule has 3 rings (SSSR count). The lowest BCUT2D eigenvalue weighted by Gasteiger charge is -2.25. The van der Waals surface area contributed by atoms with Crippen LogP contribution < -0.4 is 14.2 Å². The highest BCUT2D eigenvalue weighted by Crippen LogP contribution is 2.42. The Kier molecular flexibility index (Phi) is 7.41. The van der Waals surface area contributed by atoms with E-state index in [1.165, 1.54) is 4.90 Å². The summed E-state index contributed by atoms with van der Waals surface area (Å²) in [5.41, 5.74) is 1.11. The van der Waals surface area contributed by atoms with Gasteiger partial charge in [0.2, 0.25) is 0 Å². The van der Waals surface area contributed by atoms with Crippen LogP contribution >= 0.6 is 0 Å². The maximum Gasteiger partial charge on any atom is 0.295 e. The van der Waals surface area contributed by atoms with Crippen molar-refractivity contribution in [2.45, 2.75) is 33.2 Å². The van der Waals surface area contributed by atoms with Crippen LogP contribution in [0, 0.1) is 0 Å². The second kappa shape index (κ2) is 10.2. The number of aliphatic hydroxyl groups excluding tert-OH is 1. The number of amides is 1. The molecule has 1 fully saturated rings. The maximum atomic E-state index is 13.0. The van der Waals surface area contributed by atoms with Crippen molar-refractivity contribution in [3.05, 3.63) is 59.2 Å². The molecule has 32 heavy (non-hydrogen) atoms. The van der Waals surface area contributed by atoms with E-state index in [0.29, 0.717) is 54.6 Å². The normalized spacial score (nSPS) is 17.5. The molecule has 0 bridgehead atoms. The Morgan fingerprint density at radius 2 is 1.75 bits per heavy atom. The molecule has 7 nitrogen and oxygen atoms in total. The number of ketones is 1. The van der Waals surface area contributed by atoms with Crippen molar-refractivity contribution >= 4 is 17.4 Å². The Bertz CT molecular complexity index is 1030. The number of ether oxygens (including phenoxy) is 3. The number of likely N-dealkylation sites (tertiary alicyclic amines) is 1. The largest absolute Gasteiger partial charge is 0.507 e. The summed E-state index contributed by atoms with van der Waals surface area (Å²) in [5.74, 6) is 0.0475. The molecule has 1 unspecified atom stereocenters. The van der Waals surface area contributed by atoms with Gasteiger partial charge in [0, 0.05) is 12.1 Å². The zero-order valence-corrected chi connectivity index (χ0v) is 18.9. The van der Waals surface area contributed by atoms with Crippen molar-refractivity contribution in [3.8, 4) is 17.2 Å². The van der Waals surface area contributed by atoms with Gasteiger partial charge in [-0.2, -0.15) is 0 Å². The van der Waals surface area contributed by atoms with E-state index in [4.69, 9.17) is 14.2 Å². The third-order valence-corrected chi connectivity index (χ3v) is 5.23. The van der Waals surface area contributed by atoms with E-state index in [9.17, 15) is 14.7 Å². The number of aliphatic hydroxyl groups is 1. The van der Waals surface area contributed by atoms with Crippen LogP contribution in [0.3, 0.4) is 0 Å². The number of nitrogens with zero attached hydrogens (tertiary/aromatic N) is 1. The maximum absolute atomic E-state index is 13.0. The molecule has 1 aliphatic rings. The number of carbonyl (C=O) groups excluding carboxylic acids is 2.